The van der Waals surface area contributed by atoms with Crippen molar-refractivity contribution in [1.82, 2.24) is 5.32 Å². The summed E-state index contributed by atoms with van der Waals surface area (Å²) < 4.78 is 11.9. The van der Waals surface area contributed by atoms with Gasteiger partial charge in [-0.05, 0) is 64.1 Å². The summed E-state index contributed by atoms with van der Waals surface area (Å²) >= 11 is 2.02. The monoisotopic (exact) mass is 599 g/mol. The number of non-ortho nitro benzene ring substituents is 1. The third-order valence-electron chi connectivity index (χ3n) is 5.18. The highest BCUT2D eigenvalue weighted by molar-refractivity contribution is 14.1. The van der Waals surface area contributed by atoms with Crippen LogP contribution in [0.25, 0.3) is 6.08 Å². The summed E-state index contributed by atoms with van der Waals surface area (Å²) in [5, 5.41) is 13.2. The minimum absolute atomic E-state index is 0.0433. The average molecular weight is 599 g/mol. The van der Waals surface area contributed by atoms with Gasteiger partial charge in [0.15, 0.2) is 11.5 Å². The lowest BCUT2D eigenvalue weighted by Gasteiger charge is -2.26. The molecule has 1 aliphatic heterocycles. The first kappa shape index (κ1) is 24.9. The largest absolute Gasteiger partial charge is 0.493 e. The molecule has 0 saturated carbocycles. The number of barbiturate groups is 1. The molecular weight excluding hydrogens is 581 g/mol. The van der Waals surface area contributed by atoms with E-state index in [0.717, 1.165) is 4.90 Å². The van der Waals surface area contributed by atoms with Crippen molar-refractivity contribution < 1.29 is 28.8 Å². The van der Waals surface area contributed by atoms with Gasteiger partial charge in [-0.1, -0.05) is 30.3 Å². The molecule has 3 aromatic rings. The lowest BCUT2D eigenvalue weighted by Crippen LogP contribution is -2.54. The van der Waals surface area contributed by atoms with Crippen molar-refractivity contribution in [2.45, 2.75) is 6.61 Å². The Morgan fingerprint density at radius 1 is 1.06 bits per heavy atom. The molecule has 4 amide bonds. The van der Waals surface area contributed by atoms with Crippen LogP contribution in [0.3, 0.4) is 0 Å². The molecule has 10 nitrogen and oxygen atoms in total. The predicted octanol–water partition coefficient (Wildman–Crippen LogP) is 4.45. The van der Waals surface area contributed by atoms with Crippen LogP contribution >= 0.6 is 22.6 Å². The van der Waals surface area contributed by atoms with Gasteiger partial charge in [0.2, 0.25) is 0 Å². The number of nitro benzene ring substituents is 1. The van der Waals surface area contributed by atoms with E-state index in [4.69, 9.17) is 9.47 Å². The number of para-hydroxylation sites is 1. The van der Waals surface area contributed by atoms with Crippen molar-refractivity contribution >= 4 is 57.9 Å². The first-order valence-electron chi connectivity index (χ1n) is 10.5. The van der Waals surface area contributed by atoms with Crippen LogP contribution in [0.5, 0.6) is 11.5 Å². The number of urea groups is 1. The zero-order chi connectivity index (χ0) is 25.8. The lowest BCUT2D eigenvalue weighted by molar-refractivity contribution is -0.384. The summed E-state index contributed by atoms with van der Waals surface area (Å²) in [7, 11) is 1.44. The Morgan fingerprint density at radius 3 is 2.50 bits per heavy atom. The van der Waals surface area contributed by atoms with Gasteiger partial charge < -0.3 is 9.47 Å². The number of ether oxygens (including phenoxy) is 2. The number of hydrogen-bond acceptors (Lipinski definition) is 7. The van der Waals surface area contributed by atoms with Gasteiger partial charge in [0.1, 0.15) is 12.2 Å². The van der Waals surface area contributed by atoms with E-state index in [0.29, 0.717) is 31.9 Å². The molecule has 3 aromatic carbocycles. The molecule has 36 heavy (non-hydrogen) atoms. The molecule has 1 heterocycles. The summed E-state index contributed by atoms with van der Waals surface area (Å²) in [5.74, 6) is -0.835. The van der Waals surface area contributed by atoms with Crippen molar-refractivity contribution in [2.75, 3.05) is 12.0 Å². The third-order valence-corrected chi connectivity index (χ3v) is 5.98. The second-order valence-corrected chi connectivity index (χ2v) is 8.71. The number of methoxy groups -OCH3 is 1. The zero-order valence-electron chi connectivity index (χ0n) is 18.8. The molecular formula is C25H18IN3O7. The molecule has 0 atom stereocenters. The molecule has 0 spiro atoms. The Kier molecular flexibility index (Phi) is 7.29. The maximum atomic E-state index is 13.1. The number of hydrogen-bond donors (Lipinski definition) is 1. The Labute approximate surface area is 218 Å². The third kappa shape index (κ3) is 5.20. The first-order chi connectivity index (χ1) is 17.3. The Morgan fingerprint density at radius 2 is 1.81 bits per heavy atom. The van der Waals surface area contributed by atoms with Gasteiger partial charge in [-0.2, -0.15) is 0 Å². The molecule has 0 bridgehead atoms. The Bertz CT molecular complexity index is 1410. The molecule has 0 aromatic heterocycles. The van der Waals surface area contributed by atoms with E-state index in [1.54, 1.807) is 54.6 Å². The standard InChI is InChI=1S/C25H18IN3O7/c1-35-21-13-16(12-20(26)22(21)36-14-15-6-5-9-18(10-15)29(33)34)11-19-23(30)27-25(32)28(24(19)31)17-7-3-2-4-8-17/h2-13H,14H2,1H3,(H,27,30,32)/b19-11+. The lowest BCUT2D eigenvalue weighted by atomic mass is 10.1. The van der Waals surface area contributed by atoms with Gasteiger partial charge in [0.25, 0.3) is 17.5 Å². The molecule has 0 radical (unpaired) electrons. The number of nitrogens with one attached hydrogen (secondary N) is 1. The highest BCUT2D eigenvalue weighted by atomic mass is 127. The van der Waals surface area contributed by atoms with Crippen LogP contribution in [0.15, 0.2) is 72.3 Å². The fraction of sp³-hybridized carbons (Fsp3) is 0.0800. The molecule has 1 saturated heterocycles. The van der Waals surface area contributed by atoms with E-state index in [2.05, 4.69) is 5.32 Å². The number of nitrogens with zero attached hydrogens (tertiary/aromatic N) is 2. The number of benzene rings is 3. The van der Waals surface area contributed by atoms with Crippen LogP contribution in [0.1, 0.15) is 11.1 Å². The maximum Gasteiger partial charge on any atom is 0.335 e. The maximum absolute atomic E-state index is 13.1. The van der Waals surface area contributed by atoms with E-state index in [9.17, 15) is 24.5 Å². The summed E-state index contributed by atoms with van der Waals surface area (Å²) in [6.45, 7) is 0.0590. The average Bonchev–Trinajstić information content (AvgIpc) is 2.86. The molecule has 0 aliphatic carbocycles. The number of carbonyl (C=O) groups excluding carboxylic acids is 3. The van der Waals surface area contributed by atoms with Crippen molar-refractivity contribution in [2.24, 2.45) is 0 Å². The fourth-order valence-electron chi connectivity index (χ4n) is 3.51. The molecule has 1 N–H and O–H groups in total. The van der Waals surface area contributed by atoms with E-state index in [1.165, 1.54) is 25.3 Å². The summed E-state index contributed by atoms with van der Waals surface area (Å²) in [5.41, 5.74) is 1.14. The molecule has 182 valence electrons. The number of rotatable bonds is 7. The van der Waals surface area contributed by atoms with Gasteiger partial charge in [-0.25, -0.2) is 9.69 Å². The Hall–Kier alpha value is -4.26. The molecule has 11 heteroatoms. The van der Waals surface area contributed by atoms with Crippen molar-refractivity contribution in [3.8, 4) is 11.5 Å². The number of amides is 4. The van der Waals surface area contributed by atoms with Crippen molar-refractivity contribution in [1.29, 1.82) is 0 Å². The quantitative estimate of drug-likeness (QED) is 0.140. The highest BCUT2D eigenvalue weighted by Crippen LogP contribution is 2.35. The molecule has 4 rings (SSSR count). The van der Waals surface area contributed by atoms with Crippen LogP contribution in [-0.4, -0.2) is 29.9 Å². The van der Waals surface area contributed by atoms with Crippen molar-refractivity contribution in [3.05, 3.63) is 97.1 Å². The normalized spacial score (nSPS) is 14.6. The second kappa shape index (κ2) is 10.6. The highest BCUT2D eigenvalue weighted by Gasteiger charge is 2.36. The number of carbonyl (C=O) groups is 3. The topological polar surface area (TPSA) is 128 Å². The van der Waals surface area contributed by atoms with Crippen LogP contribution in [0, 0.1) is 13.7 Å². The van der Waals surface area contributed by atoms with E-state index >= 15 is 0 Å². The van der Waals surface area contributed by atoms with Gasteiger partial charge in [0, 0.05) is 12.1 Å². The van der Waals surface area contributed by atoms with Crippen LogP contribution < -0.4 is 19.7 Å². The second-order valence-electron chi connectivity index (χ2n) is 7.54. The summed E-state index contributed by atoms with van der Waals surface area (Å²) in [4.78, 5) is 49.3. The minimum Gasteiger partial charge on any atom is -0.493 e. The Balaban J connectivity index is 1.62. The van der Waals surface area contributed by atoms with E-state index in [-0.39, 0.29) is 17.9 Å². The molecule has 1 aliphatic rings. The summed E-state index contributed by atoms with van der Waals surface area (Å²) in [6.07, 6.45) is 1.37. The van der Waals surface area contributed by atoms with Gasteiger partial charge in [-0.3, -0.25) is 25.0 Å². The van der Waals surface area contributed by atoms with Crippen LogP contribution in [-0.2, 0) is 16.2 Å². The number of halogens is 1. The van der Waals surface area contributed by atoms with Gasteiger partial charge >= 0.3 is 6.03 Å². The smallest absolute Gasteiger partial charge is 0.335 e. The van der Waals surface area contributed by atoms with Gasteiger partial charge in [-0.15, -0.1) is 0 Å². The molecule has 0 unspecified atom stereocenters. The first-order valence-corrected chi connectivity index (χ1v) is 11.6. The minimum atomic E-state index is -0.828. The number of imide groups is 2. The summed E-state index contributed by atoms with van der Waals surface area (Å²) in [6, 6.07) is 16.8. The number of anilines is 1. The zero-order valence-corrected chi connectivity index (χ0v) is 20.9. The van der Waals surface area contributed by atoms with Crippen LogP contribution in [0.2, 0.25) is 0 Å². The SMILES string of the molecule is COc1cc(/C=C2\C(=O)NC(=O)N(c3ccccc3)C2=O)cc(I)c1OCc1cccc([N+](=O)[O-])c1. The number of nitro groups is 1. The van der Waals surface area contributed by atoms with Crippen molar-refractivity contribution in [3.63, 3.8) is 0 Å². The van der Waals surface area contributed by atoms with E-state index in [1.807, 2.05) is 22.6 Å². The van der Waals surface area contributed by atoms with Gasteiger partial charge in [0.05, 0.1) is 21.3 Å². The van der Waals surface area contributed by atoms with E-state index < -0.39 is 22.8 Å². The molecule has 1 fully saturated rings. The van der Waals surface area contributed by atoms with Crippen LogP contribution in [0.4, 0.5) is 16.2 Å². The predicted molar refractivity (Wildman–Crippen MR) is 139 cm³/mol. The fourth-order valence-corrected chi connectivity index (χ4v) is 4.30.